The van der Waals surface area contributed by atoms with Crippen molar-refractivity contribution >= 4 is 5.71 Å². The van der Waals surface area contributed by atoms with E-state index in [-0.39, 0.29) is 0 Å². The fourth-order valence-electron chi connectivity index (χ4n) is 0.650. The molecule has 1 heterocycles. The highest BCUT2D eigenvalue weighted by Gasteiger charge is 2.01. The summed E-state index contributed by atoms with van der Waals surface area (Å²) in [5.41, 5.74) is 0.971. The lowest BCUT2D eigenvalue weighted by molar-refractivity contribution is 0.593. The van der Waals surface area contributed by atoms with Crippen LogP contribution in [0.15, 0.2) is 17.4 Å². The van der Waals surface area contributed by atoms with E-state index in [1.165, 1.54) is 4.90 Å². The molecule has 0 saturated heterocycles. The molecule has 0 radical (unpaired) electrons. The zero-order valence-electron chi connectivity index (χ0n) is 5.20. The second-order valence-corrected chi connectivity index (χ2v) is 1.89. The molecule has 9 heavy (non-hydrogen) atoms. The quantitative estimate of drug-likeness (QED) is 0.443. The van der Waals surface area contributed by atoms with E-state index in [4.69, 9.17) is 5.26 Å². The third kappa shape index (κ3) is 1.29. The van der Waals surface area contributed by atoms with Crippen LogP contribution >= 0.6 is 0 Å². The Morgan fingerprint density at radius 2 is 2.67 bits per heavy atom. The van der Waals surface area contributed by atoms with Crippen LogP contribution in [0.2, 0.25) is 0 Å². The highest BCUT2D eigenvalue weighted by atomic mass is 15.1. The van der Waals surface area contributed by atoms with Gasteiger partial charge in [-0.1, -0.05) is 0 Å². The Morgan fingerprint density at radius 3 is 3.11 bits per heavy atom. The van der Waals surface area contributed by atoms with E-state index in [2.05, 4.69) is 4.99 Å². The minimum Gasteiger partial charge on any atom is -0.279 e. The lowest BCUT2D eigenvalue weighted by Gasteiger charge is -2.11. The van der Waals surface area contributed by atoms with Crippen LogP contribution in [-0.4, -0.2) is 17.2 Å². The first-order valence-electron chi connectivity index (χ1n) is 2.69. The van der Waals surface area contributed by atoms with Crippen LogP contribution in [0.4, 0.5) is 0 Å². The molecule has 0 atom stereocenters. The number of nitrogens with zero attached hydrogens (tertiary/aromatic N) is 3. The van der Waals surface area contributed by atoms with Crippen molar-refractivity contribution in [2.24, 2.45) is 4.99 Å². The van der Waals surface area contributed by atoms with Gasteiger partial charge < -0.3 is 0 Å². The van der Waals surface area contributed by atoms with E-state index in [0.29, 0.717) is 6.54 Å². The average molecular weight is 121 g/mol. The first kappa shape index (κ1) is 5.83. The Morgan fingerprint density at radius 1 is 1.89 bits per heavy atom. The molecule has 0 N–H and O–H groups in total. The SMILES string of the molecule is CC1=NC=CN(C#N)C1. The average Bonchev–Trinajstić information content (AvgIpc) is 1.88. The highest BCUT2D eigenvalue weighted by molar-refractivity contribution is 5.85. The fourth-order valence-corrected chi connectivity index (χ4v) is 0.650. The minimum absolute atomic E-state index is 0.632. The van der Waals surface area contributed by atoms with Gasteiger partial charge in [-0.2, -0.15) is 5.26 Å². The molecule has 46 valence electrons. The van der Waals surface area contributed by atoms with Gasteiger partial charge in [-0.25, -0.2) is 0 Å². The van der Waals surface area contributed by atoms with Gasteiger partial charge in [0.1, 0.15) is 0 Å². The lowest BCUT2D eigenvalue weighted by Crippen LogP contribution is -2.20. The first-order valence-corrected chi connectivity index (χ1v) is 2.69. The van der Waals surface area contributed by atoms with Gasteiger partial charge in [0.15, 0.2) is 6.19 Å². The normalized spacial score (nSPS) is 16.9. The van der Waals surface area contributed by atoms with Crippen molar-refractivity contribution in [3.05, 3.63) is 12.4 Å². The maximum Gasteiger partial charge on any atom is 0.184 e. The van der Waals surface area contributed by atoms with Crippen molar-refractivity contribution in [1.29, 1.82) is 5.26 Å². The summed E-state index contributed by atoms with van der Waals surface area (Å²) in [5, 5.41) is 8.38. The molecule has 0 spiro atoms. The van der Waals surface area contributed by atoms with E-state index in [9.17, 15) is 0 Å². The molecule has 0 aromatic rings. The molecule has 1 rings (SSSR count). The molecule has 3 heteroatoms. The number of hydrogen-bond acceptors (Lipinski definition) is 3. The predicted molar refractivity (Wildman–Crippen MR) is 34.6 cm³/mol. The van der Waals surface area contributed by atoms with Gasteiger partial charge in [0.2, 0.25) is 0 Å². The van der Waals surface area contributed by atoms with E-state index in [0.717, 1.165) is 5.71 Å². The molecule has 0 aliphatic carbocycles. The molecule has 0 saturated carbocycles. The highest BCUT2D eigenvalue weighted by Crippen LogP contribution is 1.96. The molecule has 1 aliphatic rings. The number of aliphatic imine (C=N–C) groups is 1. The zero-order valence-corrected chi connectivity index (χ0v) is 5.20. The molecule has 0 aromatic carbocycles. The van der Waals surface area contributed by atoms with Gasteiger partial charge in [0, 0.05) is 18.1 Å². The molecule has 1 aliphatic heterocycles. The Labute approximate surface area is 53.9 Å². The molecule has 0 fully saturated rings. The summed E-state index contributed by atoms with van der Waals surface area (Å²) < 4.78 is 0. The summed E-state index contributed by atoms with van der Waals surface area (Å²) in [6, 6.07) is 0. The fraction of sp³-hybridized carbons (Fsp3) is 0.333. The molecule has 0 unspecified atom stereocenters. The maximum absolute atomic E-state index is 8.38. The summed E-state index contributed by atoms with van der Waals surface area (Å²) in [6.07, 6.45) is 5.29. The van der Waals surface area contributed by atoms with Gasteiger partial charge in [-0.3, -0.25) is 9.89 Å². The predicted octanol–water partition coefficient (Wildman–Crippen LogP) is 0.715. The topological polar surface area (TPSA) is 39.4 Å². The minimum atomic E-state index is 0.632. The van der Waals surface area contributed by atoms with Gasteiger partial charge in [0.25, 0.3) is 0 Å². The standard InChI is InChI=1S/C6H7N3/c1-6-4-9(5-7)3-2-8-6/h2-3H,4H2,1H3. The van der Waals surface area contributed by atoms with Crippen molar-refractivity contribution in [3.63, 3.8) is 0 Å². The van der Waals surface area contributed by atoms with Crippen LogP contribution in [0.3, 0.4) is 0 Å². The van der Waals surface area contributed by atoms with Crippen molar-refractivity contribution in [3.8, 4) is 6.19 Å². The van der Waals surface area contributed by atoms with Gasteiger partial charge in [-0.15, -0.1) is 0 Å². The number of rotatable bonds is 0. The monoisotopic (exact) mass is 121 g/mol. The van der Waals surface area contributed by atoms with Crippen molar-refractivity contribution in [1.82, 2.24) is 4.90 Å². The Kier molecular flexibility index (Phi) is 1.50. The van der Waals surface area contributed by atoms with Crippen LogP contribution in [0.25, 0.3) is 0 Å². The zero-order chi connectivity index (χ0) is 6.69. The molecule has 3 nitrogen and oxygen atoms in total. The van der Waals surface area contributed by atoms with E-state index >= 15 is 0 Å². The van der Waals surface area contributed by atoms with Gasteiger partial charge in [-0.05, 0) is 6.92 Å². The smallest absolute Gasteiger partial charge is 0.184 e. The molecular weight excluding hydrogens is 114 g/mol. The Hall–Kier alpha value is -1.30. The van der Waals surface area contributed by atoms with E-state index in [1.54, 1.807) is 12.4 Å². The van der Waals surface area contributed by atoms with Gasteiger partial charge >= 0.3 is 0 Å². The second kappa shape index (κ2) is 2.31. The molecular formula is C6H7N3. The van der Waals surface area contributed by atoms with Crippen molar-refractivity contribution in [2.45, 2.75) is 6.92 Å². The summed E-state index contributed by atoms with van der Waals surface area (Å²) in [4.78, 5) is 5.50. The van der Waals surface area contributed by atoms with Crippen LogP contribution in [0, 0.1) is 11.5 Å². The number of nitriles is 1. The Balaban J connectivity index is 2.64. The lowest BCUT2D eigenvalue weighted by atomic mass is 10.4. The van der Waals surface area contributed by atoms with Crippen LogP contribution < -0.4 is 0 Å². The molecule has 0 amide bonds. The summed E-state index contributed by atoms with van der Waals surface area (Å²) in [6.45, 7) is 2.53. The van der Waals surface area contributed by atoms with Crippen molar-refractivity contribution in [2.75, 3.05) is 6.54 Å². The third-order valence-electron chi connectivity index (χ3n) is 1.07. The van der Waals surface area contributed by atoms with Crippen LogP contribution in [0.5, 0.6) is 0 Å². The molecule has 0 aromatic heterocycles. The van der Waals surface area contributed by atoms with Crippen LogP contribution in [0.1, 0.15) is 6.92 Å². The largest absolute Gasteiger partial charge is 0.279 e. The van der Waals surface area contributed by atoms with Crippen molar-refractivity contribution < 1.29 is 0 Å². The Bertz CT molecular complexity index is 197. The molecule has 0 bridgehead atoms. The summed E-state index contributed by atoms with van der Waals surface area (Å²) in [7, 11) is 0. The van der Waals surface area contributed by atoms with E-state index in [1.807, 2.05) is 13.1 Å². The maximum atomic E-state index is 8.38. The van der Waals surface area contributed by atoms with E-state index < -0.39 is 0 Å². The summed E-state index contributed by atoms with van der Waals surface area (Å²) >= 11 is 0. The second-order valence-electron chi connectivity index (χ2n) is 1.89. The third-order valence-corrected chi connectivity index (χ3v) is 1.07. The number of hydrogen-bond donors (Lipinski definition) is 0. The van der Waals surface area contributed by atoms with Crippen LogP contribution in [-0.2, 0) is 0 Å². The van der Waals surface area contributed by atoms with Gasteiger partial charge in [0.05, 0.1) is 6.54 Å². The summed E-state index contributed by atoms with van der Waals surface area (Å²) in [5.74, 6) is 0. The first-order chi connectivity index (χ1) is 4.33.